The highest BCUT2D eigenvalue weighted by Crippen LogP contribution is 2.40. The number of aryl methyl sites for hydroxylation is 2. The van der Waals surface area contributed by atoms with E-state index in [-0.39, 0.29) is 6.61 Å². The van der Waals surface area contributed by atoms with Crippen LogP contribution in [0.2, 0.25) is 0 Å². The van der Waals surface area contributed by atoms with Gasteiger partial charge in [0.1, 0.15) is 24.1 Å². The van der Waals surface area contributed by atoms with Gasteiger partial charge in [-0.25, -0.2) is 14.6 Å². The molecule has 1 N–H and O–H groups in total. The van der Waals surface area contributed by atoms with E-state index in [0.29, 0.717) is 11.6 Å². The van der Waals surface area contributed by atoms with Crippen LogP contribution in [0.4, 0.5) is 0 Å². The summed E-state index contributed by atoms with van der Waals surface area (Å²) in [6.07, 6.45) is -3.20. The summed E-state index contributed by atoms with van der Waals surface area (Å²) in [5.41, 5.74) is 11.8. The van der Waals surface area contributed by atoms with Gasteiger partial charge in [0.2, 0.25) is 0 Å². The highest BCUT2D eigenvalue weighted by molar-refractivity contribution is 7.18. The molecule has 4 heterocycles. The van der Waals surface area contributed by atoms with Crippen LogP contribution in [0.5, 0.6) is 0 Å². The first-order valence-corrected chi connectivity index (χ1v) is 12.9. The molecule has 2 aromatic carbocycles. The van der Waals surface area contributed by atoms with Crippen molar-refractivity contribution >= 4 is 21.6 Å². The third-order valence-corrected chi connectivity index (χ3v) is 7.75. The Hall–Kier alpha value is -3.38. The maximum Gasteiger partial charge on any atom is 0.184 e. The number of benzene rings is 2. The van der Waals surface area contributed by atoms with E-state index in [1.54, 1.807) is 22.9 Å². The van der Waals surface area contributed by atoms with Gasteiger partial charge in [-0.2, -0.15) is 5.10 Å². The van der Waals surface area contributed by atoms with Crippen molar-refractivity contribution in [3.63, 3.8) is 0 Å². The van der Waals surface area contributed by atoms with Crippen LogP contribution < -0.4 is 0 Å². The van der Waals surface area contributed by atoms with Gasteiger partial charge in [0.05, 0.1) is 39.7 Å². The molecule has 6 atom stereocenters. The number of nitrogens with zero attached hydrogens (tertiary/aromatic N) is 7. The van der Waals surface area contributed by atoms with E-state index >= 15 is 0 Å². The summed E-state index contributed by atoms with van der Waals surface area (Å²) in [4.78, 5) is 12.2. The fraction of sp³-hybridized carbons (Fsp3) is 0.400. The van der Waals surface area contributed by atoms with E-state index in [1.807, 2.05) is 48.5 Å². The van der Waals surface area contributed by atoms with Crippen LogP contribution in [0, 0.1) is 6.92 Å². The van der Waals surface area contributed by atoms with Gasteiger partial charge in [0.15, 0.2) is 12.1 Å². The maximum atomic E-state index is 11.4. The second-order valence-corrected chi connectivity index (χ2v) is 10.1. The average Bonchev–Trinajstić information content (AvgIpc) is 3.53. The van der Waals surface area contributed by atoms with Crippen LogP contribution in [-0.2, 0) is 20.6 Å². The number of hydrogen-bond donors (Lipinski definition) is 1. The fourth-order valence-electron chi connectivity index (χ4n) is 4.85. The molecule has 0 bridgehead atoms. The minimum Gasteiger partial charge on any atom is -0.389 e. The summed E-state index contributed by atoms with van der Waals surface area (Å²) < 4.78 is 21.1. The van der Waals surface area contributed by atoms with Crippen molar-refractivity contribution in [2.45, 2.75) is 57.0 Å². The molecular weight excluding hydrogens is 494 g/mol. The van der Waals surface area contributed by atoms with Crippen molar-refractivity contribution in [2.75, 3.05) is 6.61 Å². The van der Waals surface area contributed by atoms with Gasteiger partial charge in [-0.05, 0) is 37.1 Å². The summed E-state index contributed by atoms with van der Waals surface area (Å²) >= 11 is 1.63. The first kappa shape index (κ1) is 24.0. The summed E-state index contributed by atoms with van der Waals surface area (Å²) in [6.45, 7) is 4.05. The Morgan fingerprint density at radius 1 is 1.19 bits per heavy atom. The van der Waals surface area contributed by atoms with E-state index in [2.05, 4.69) is 32.0 Å². The summed E-state index contributed by atoms with van der Waals surface area (Å²) in [5, 5.41) is 21.0. The summed E-state index contributed by atoms with van der Waals surface area (Å²) in [6, 6.07) is 14.4. The van der Waals surface area contributed by atoms with Crippen molar-refractivity contribution < 1.29 is 19.3 Å². The predicted octanol–water partition coefficient (Wildman–Crippen LogP) is 4.34. The minimum atomic E-state index is -1.21. The molecule has 2 fully saturated rings. The van der Waals surface area contributed by atoms with Crippen molar-refractivity contribution in [3.05, 3.63) is 81.2 Å². The van der Waals surface area contributed by atoms with Crippen LogP contribution in [0.1, 0.15) is 41.5 Å². The highest BCUT2D eigenvalue weighted by Gasteiger charge is 2.51. The number of thiazole rings is 1. The Balaban J connectivity index is 1.34. The van der Waals surface area contributed by atoms with Crippen LogP contribution in [0.3, 0.4) is 0 Å². The molecule has 11 nitrogen and oxygen atoms in total. The van der Waals surface area contributed by atoms with Gasteiger partial charge >= 0.3 is 0 Å². The lowest BCUT2D eigenvalue weighted by Crippen LogP contribution is -2.58. The molecule has 37 heavy (non-hydrogen) atoms. The predicted molar refractivity (Wildman–Crippen MR) is 135 cm³/mol. The number of aromatic nitrogens is 4. The number of aliphatic hydroxyl groups excluding tert-OH is 1. The van der Waals surface area contributed by atoms with E-state index in [4.69, 9.17) is 14.2 Å². The molecule has 0 saturated carbocycles. The largest absolute Gasteiger partial charge is 0.389 e. The molecule has 12 heteroatoms. The molecule has 190 valence electrons. The van der Waals surface area contributed by atoms with Crippen molar-refractivity contribution in [1.82, 2.24) is 19.7 Å². The topological polar surface area (TPSA) is 140 Å². The van der Waals surface area contributed by atoms with Gasteiger partial charge in [-0.3, -0.25) is 0 Å². The zero-order valence-electron chi connectivity index (χ0n) is 20.2. The van der Waals surface area contributed by atoms with Gasteiger partial charge in [0, 0.05) is 10.5 Å². The van der Waals surface area contributed by atoms with E-state index in [0.717, 1.165) is 32.9 Å². The molecular formula is C25H25N7O4S. The molecule has 0 aliphatic carbocycles. The normalized spacial score (nSPS) is 27.5. The molecule has 3 unspecified atom stereocenters. The third kappa shape index (κ3) is 4.37. The second-order valence-electron chi connectivity index (χ2n) is 9.00. The molecule has 0 amide bonds. The van der Waals surface area contributed by atoms with E-state index in [9.17, 15) is 10.6 Å². The van der Waals surface area contributed by atoms with Crippen LogP contribution in [-0.4, -0.2) is 55.8 Å². The molecule has 0 spiro atoms. The average molecular weight is 520 g/mol. The maximum absolute atomic E-state index is 11.4. The van der Waals surface area contributed by atoms with Crippen LogP contribution >= 0.6 is 11.3 Å². The Labute approximate surface area is 216 Å². The Bertz CT molecular complexity index is 1470. The summed E-state index contributed by atoms with van der Waals surface area (Å²) in [5.74, 6) is 0.929. The third-order valence-electron chi connectivity index (χ3n) is 6.59. The standard InChI is InChI=1S/C25H25N7O4S/c1-3-19-28-16-10-9-15(11-18(16)37-19)32-24(27-13(2)30-32)23-21(33)20(29-31-26)22-17(35-23)12-34-25(36-22)14-7-5-4-6-8-14/h4-11,17,20-23,25,33H,3,12H2,1-2H3/t17?,20-,21?,22+,23-,25?/m1/s1. The molecule has 0 radical (unpaired) electrons. The molecule has 2 aromatic heterocycles. The fourth-order valence-corrected chi connectivity index (χ4v) is 5.79. The van der Waals surface area contributed by atoms with Gasteiger partial charge in [0.25, 0.3) is 0 Å². The minimum absolute atomic E-state index is 0.199. The van der Waals surface area contributed by atoms with E-state index in [1.165, 1.54) is 0 Å². The van der Waals surface area contributed by atoms with E-state index < -0.39 is 36.7 Å². The second kappa shape index (κ2) is 9.82. The summed E-state index contributed by atoms with van der Waals surface area (Å²) in [7, 11) is 0. The highest BCUT2D eigenvalue weighted by atomic mass is 32.1. The first-order valence-electron chi connectivity index (χ1n) is 12.1. The number of aliphatic hydroxyl groups is 1. The number of rotatable bonds is 5. The lowest BCUT2D eigenvalue weighted by molar-refractivity contribution is -0.309. The molecule has 6 rings (SSSR count). The van der Waals surface area contributed by atoms with Crippen molar-refractivity contribution in [1.29, 1.82) is 0 Å². The van der Waals surface area contributed by atoms with Crippen molar-refractivity contribution in [2.24, 2.45) is 5.11 Å². The number of fused-ring (bicyclic) bond motifs is 2. The zero-order chi connectivity index (χ0) is 25.5. The Kier molecular flexibility index (Phi) is 6.37. The molecule has 2 saturated heterocycles. The van der Waals surface area contributed by atoms with Crippen LogP contribution in [0.25, 0.3) is 26.3 Å². The SMILES string of the molecule is CCc1nc2ccc(-n3nc(C)nc3[C@@H]3OC4COC(c5ccccc5)O[C@@H]4[C@H](N=[N+]=[N-])C3O)cc2s1. The lowest BCUT2D eigenvalue weighted by atomic mass is 9.91. The number of azide groups is 1. The Morgan fingerprint density at radius 2 is 2.03 bits per heavy atom. The zero-order valence-corrected chi connectivity index (χ0v) is 21.0. The lowest BCUT2D eigenvalue weighted by Gasteiger charge is -2.46. The van der Waals surface area contributed by atoms with Gasteiger partial charge in [-0.1, -0.05) is 42.4 Å². The quantitative estimate of drug-likeness (QED) is 0.235. The molecule has 4 aromatic rings. The molecule has 2 aliphatic heterocycles. The smallest absolute Gasteiger partial charge is 0.184 e. The molecule has 2 aliphatic rings. The van der Waals surface area contributed by atoms with Crippen molar-refractivity contribution in [3.8, 4) is 5.69 Å². The first-order chi connectivity index (χ1) is 18.1. The Morgan fingerprint density at radius 3 is 2.81 bits per heavy atom. The number of ether oxygens (including phenoxy) is 3. The van der Waals surface area contributed by atoms with Crippen LogP contribution in [0.15, 0.2) is 53.6 Å². The van der Waals surface area contributed by atoms with Gasteiger partial charge < -0.3 is 19.3 Å². The van der Waals surface area contributed by atoms with Gasteiger partial charge in [-0.15, -0.1) is 11.3 Å². The number of hydrogen-bond acceptors (Lipinski definition) is 9. The monoisotopic (exact) mass is 519 g/mol.